The Hall–Kier alpha value is 2.61. The third kappa shape index (κ3) is 55.3. The summed E-state index contributed by atoms with van der Waals surface area (Å²) >= 11 is 0. The van der Waals surface area contributed by atoms with Crippen molar-refractivity contribution in [2.75, 3.05) is 0 Å². The normalized spacial score (nSPS) is 0. The van der Waals surface area contributed by atoms with E-state index in [-0.39, 0.29) is 105 Å². The summed E-state index contributed by atoms with van der Waals surface area (Å²) in [4.78, 5) is 0. The van der Waals surface area contributed by atoms with Crippen LogP contribution in [0.2, 0.25) is 0 Å². The van der Waals surface area contributed by atoms with Gasteiger partial charge in [0.15, 0.2) is 0 Å². The second kappa shape index (κ2) is 73.3. The van der Waals surface area contributed by atoms with Crippen molar-refractivity contribution < 1.29 is 79.6 Å². The van der Waals surface area contributed by atoms with Crippen LogP contribution in [0.1, 0.15) is 0 Å². The first-order valence-electron chi connectivity index (χ1n) is 0. The quantitative estimate of drug-likeness (QED) is 0.466. The van der Waals surface area contributed by atoms with E-state index in [1.165, 1.54) is 0 Å². The van der Waals surface area contributed by atoms with Crippen LogP contribution in [0.4, 0.5) is 0 Å². The fourth-order valence-electron chi connectivity index (χ4n) is 0. The van der Waals surface area contributed by atoms with E-state index < -0.39 is 0 Å². The zero-order valence-electron chi connectivity index (χ0n) is 3.23. The molecule has 0 bridgehead atoms. The van der Waals surface area contributed by atoms with Gasteiger partial charge in [-0.3, -0.25) is 0 Å². The van der Waals surface area contributed by atoms with Gasteiger partial charge in [-0.1, -0.05) is 0 Å². The van der Waals surface area contributed by atoms with Crippen molar-refractivity contribution in [3.05, 3.63) is 0 Å². The first-order chi connectivity index (χ1) is 0. The average Bonchev–Trinajstić information content (AvgIpc) is 0. The maximum atomic E-state index is 0. The SMILES string of the molecule is [Dy+3].[In+3].[O-2].[O-2].[O-2].[O-2].[Zn+2]. The van der Waals surface area contributed by atoms with Crippen LogP contribution in [0.15, 0.2) is 0 Å². The molecule has 7 heavy (non-hydrogen) atoms. The van der Waals surface area contributed by atoms with Gasteiger partial charge in [0.05, 0.1) is 0 Å². The molecule has 0 spiro atoms. The van der Waals surface area contributed by atoms with Crippen molar-refractivity contribution in [3.8, 4) is 0 Å². The van der Waals surface area contributed by atoms with Crippen LogP contribution in [0.5, 0.6) is 0 Å². The molecule has 0 unspecified atom stereocenters. The number of hydrogen-bond acceptors (Lipinski definition) is 0. The molecule has 0 N–H and O–H groups in total. The molecule has 4 nitrogen and oxygen atoms in total. The first-order valence-corrected chi connectivity index (χ1v) is 0. The standard InChI is InChI=1S/Dy.In.4O.Zn/q2*+3;4*-2;+2. The summed E-state index contributed by atoms with van der Waals surface area (Å²) in [6, 6.07) is 0. The van der Waals surface area contributed by atoms with Crippen molar-refractivity contribution in [2.45, 2.75) is 0 Å². The maximum Gasteiger partial charge on any atom is 3.00 e. The molecular weight excluding hydrogens is 407 g/mol. The van der Waals surface area contributed by atoms with E-state index in [0.717, 1.165) is 0 Å². The van der Waals surface area contributed by atoms with Gasteiger partial charge < -0.3 is 21.9 Å². The summed E-state index contributed by atoms with van der Waals surface area (Å²) in [5.41, 5.74) is 0. The van der Waals surface area contributed by atoms with Gasteiger partial charge in [-0.25, -0.2) is 0 Å². The Labute approximate surface area is 104 Å². The molecule has 0 rings (SSSR count). The molecule has 0 heterocycles. The molecule has 0 saturated carbocycles. The van der Waals surface area contributed by atoms with Gasteiger partial charge in [-0.15, -0.1) is 0 Å². The van der Waals surface area contributed by atoms with Gasteiger partial charge in [0.1, 0.15) is 0 Å². The van der Waals surface area contributed by atoms with Crippen LogP contribution >= 0.6 is 0 Å². The van der Waals surface area contributed by atoms with Crippen LogP contribution in [-0.2, 0) is 41.4 Å². The molecule has 0 aromatic heterocycles. The molecule has 0 aromatic rings. The Morgan fingerprint density at radius 2 is 0.571 bits per heavy atom. The average molecular weight is 407 g/mol. The monoisotopic (exact) mass is 407 g/mol. The number of hydrogen-bond donors (Lipinski definition) is 0. The van der Waals surface area contributed by atoms with Gasteiger partial charge in [-0.05, 0) is 0 Å². The second-order valence-electron chi connectivity index (χ2n) is 0. The molecule has 0 aromatic carbocycles. The number of rotatable bonds is 0. The third-order valence-corrected chi connectivity index (χ3v) is 0. The van der Waals surface area contributed by atoms with Crippen LogP contribution < -0.4 is 0 Å². The third-order valence-electron chi connectivity index (χ3n) is 0. The van der Waals surface area contributed by atoms with Gasteiger partial charge in [-0.2, -0.15) is 0 Å². The van der Waals surface area contributed by atoms with Gasteiger partial charge >= 0.3 is 83.5 Å². The molecule has 1 radical (unpaired) electrons. The minimum absolute atomic E-state index is 0. The van der Waals surface area contributed by atoms with Crippen LogP contribution in [0, 0.1) is 38.2 Å². The van der Waals surface area contributed by atoms with Crippen LogP contribution in [0.3, 0.4) is 0 Å². The van der Waals surface area contributed by atoms with E-state index >= 15 is 0 Å². The van der Waals surface area contributed by atoms with Gasteiger partial charge in [0.25, 0.3) is 0 Å². The van der Waals surface area contributed by atoms with Crippen molar-refractivity contribution in [1.82, 2.24) is 0 Å². The molecule has 0 aliphatic carbocycles. The minimum Gasteiger partial charge on any atom is -2.00 e. The predicted octanol–water partition coefficient (Wildman–Crippen LogP) is -0.859. The van der Waals surface area contributed by atoms with E-state index in [1.54, 1.807) is 0 Å². The topological polar surface area (TPSA) is 114 Å². The molecule has 0 atom stereocenters. The summed E-state index contributed by atoms with van der Waals surface area (Å²) in [5.74, 6) is 0. The molecular formula is DyInO4Zn. The smallest absolute Gasteiger partial charge is 2.00 e. The predicted molar refractivity (Wildman–Crippen MR) is 8.50 cm³/mol. The Morgan fingerprint density at radius 1 is 0.571 bits per heavy atom. The molecule has 39 valence electrons. The summed E-state index contributed by atoms with van der Waals surface area (Å²) in [6.07, 6.45) is 0. The summed E-state index contributed by atoms with van der Waals surface area (Å²) in [7, 11) is 0. The zero-order chi connectivity index (χ0) is 0. The van der Waals surface area contributed by atoms with E-state index in [9.17, 15) is 0 Å². The van der Waals surface area contributed by atoms with Crippen molar-refractivity contribution in [1.29, 1.82) is 0 Å². The molecule has 0 aliphatic rings. The van der Waals surface area contributed by atoms with Crippen molar-refractivity contribution in [2.24, 2.45) is 0 Å². The molecule has 0 amide bonds. The molecule has 7 heteroatoms. The van der Waals surface area contributed by atoms with E-state index in [4.69, 9.17) is 0 Å². The fourth-order valence-corrected chi connectivity index (χ4v) is 0. The largest absolute Gasteiger partial charge is 3.00 e. The van der Waals surface area contributed by atoms with Crippen molar-refractivity contribution in [3.63, 3.8) is 0 Å². The van der Waals surface area contributed by atoms with Crippen LogP contribution in [0.25, 0.3) is 0 Å². The summed E-state index contributed by atoms with van der Waals surface area (Å²) in [5, 5.41) is 0. The van der Waals surface area contributed by atoms with Crippen molar-refractivity contribution >= 4 is 25.8 Å². The Kier molecular flexibility index (Phi) is 1100. The fraction of sp³-hybridized carbons (Fsp3) is 0. The maximum absolute atomic E-state index is 0. The molecule has 0 fully saturated rings. The summed E-state index contributed by atoms with van der Waals surface area (Å²) < 4.78 is 0. The Morgan fingerprint density at radius 3 is 0.571 bits per heavy atom. The Balaban J connectivity index is 0. The van der Waals surface area contributed by atoms with E-state index in [1.807, 2.05) is 0 Å². The molecule has 0 saturated heterocycles. The summed E-state index contributed by atoms with van der Waals surface area (Å²) in [6.45, 7) is 0. The molecule has 0 aliphatic heterocycles. The van der Waals surface area contributed by atoms with Gasteiger partial charge in [0.2, 0.25) is 0 Å². The van der Waals surface area contributed by atoms with Crippen LogP contribution in [-0.4, -0.2) is 25.8 Å². The van der Waals surface area contributed by atoms with E-state index in [2.05, 4.69) is 0 Å². The first kappa shape index (κ1) is 105. The van der Waals surface area contributed by atoms with Gasteiger partial charge in [0, 0.05) is 0 Å². The minimum atomic E-state index is 0. The second-order valence-corrected chi connectivity index (χ2v) is 0. The van der Waals surface area contributed by atoms with E-state index in [0.29, 0.717) is 0 Å². The Bertz CT molecular complexity index is 11.7. The zero-order valence-corrected chi connectivity index (χ0v) is 11.5.